The van der Waals surface area contributed by atoms with Gasteiger partial charge in [0.15, 0.2) is 0 Å². The Bertz CT molecular complexity index is 1060. The van der Waals surface area contributed by atoms with Crippen LogP contribution in [0, 0.1) is 5.82 Å². The molecule has 2 aliphatic rings. The maximum absolute atomic E-state index is 14.0. The summed E-state index contributed by atoms with van der Waals surface area (Å²) in [7, 11) is 0. The van der Waals surface area contributed by atoms with Gasteiger partial charge in [-0.25, -0.2) is 4.39 Å². The van der Waals surface area contributed by atoms with Gasteiger partial charge in [-0.15, -0.1) is 11.3 Å². The third kappa shape index (κ3) is 3.54. The number of nitrogens with zero attached hydrogens (tertiary/aromatic N) is 2. The molecule has 0 atom stereocenters. The molecule has 1 amide bonds. The Morgan fingerprint density at radius 2 is 1.93 bits per heavy atom. The van der Waals surface area contributed by atoms with Gasteiger partial charge in [0, 0.05) is 41.2 Å². The van der Waals surface area contributed by atoms with E-state index in [-0.39, 0.29) is 11.7 Å². The Kier molecular flexibility index (Phi) is 4.81. The van der Waals surface area contributed by atoms with Gasteiger partial charge in [-0.2, -0.15) is 0 Å². The maximum Gasteiger partial charge on any atom is 0.264 e. The molecule has 0 unspecified atom stereocenters. The Labute approximate surface area is 173 Å². The largest absolute Gasteiger partial charge is 0.488 e. The SMILES string of the molecule is O=C(c1cc2c(s1)-c1ccccc1OC2)N1CCCN(Cc2ccccc2F)C1. The summed E-state index contributed by atoms with van der Waals surface area (Å²) < 4.78 is 19.8. The number of rotatable bonds is 3. The summed E-state index contributed by atoms with van der Waals surface area (Å²) in [6.45, 7) is 3.11. The monoisotopic (exact) mass is 408 g/mol. The van der Waals surface area contributed by atoms with E-state index in [1.165, 1.54) is 17.4 Å². The van der Waals surface area contributed by atoms with Crippen LogP contribution in [-0.4, -0.2) is 35.5 Å². The number of fused-ring (bicyclic) bond motifs is 3. The molecule has 0 spiro atoms. The average molecular weight is 408 g/mol. The van der Waals surface area contributed by atoms with Gasteiger partial charge in [0.1, 0.15) is 18.2 Å². The van der Waals surface area contributed by atoms with Crippen LogP contribution in [0.3, 0.4) is 0 Å². The van der Waals surface area contributed by atoms with Crippen molar-refractivity contribution in [2.45, 2.75) is 19.6 Å². The Hall–Kier alpha value is -2.70. The van der Waals surface area contributed by atoms with Crippen LogP contribution in [0.1, 0.15) is 27.2 Å². The molecular formula is C23H21FN2O2S. The van der Waals surface area contributed by atoms with E-state index in [2.05, 4.69) is 4.90 Å². The van der Waals surface area contributed by atoms with Crippen LogP contribution >= 0.6 is 11.3 Å². The minimum Gasteiger partial charge on any atom is -0.488 e. The van der Waals surface area contributed by atoms with Gasteiger partial charge >= 0.3 is 0 Å². The summed E-state index contributed by atoms with van der Waals surface area (Å²) in [5.41, 5.74) is 2.79. The average Bonchev–Trinajstić information content (AvgIpc) is 3.20. The van der Waals surface area contributed by atoms with Crippen LogP contribution < -0.4 is 4.74 Å². The smallest absolute Gasteiger partial charge is 0.264 e. The zero-order valence-electron chi connectivity index (χ0n) is 15.9. The number of carbonyl (C=O) groups is 1. The van der Waals surface area contributed by atoms with Gasteiger partial charge in [-0.05, 0) is 30.7 Å². The predicted molar refractivity (Wildman–Crippen MR) is 111 cm³/mol. The first kappa shape index (κ1) is 18.3. The first-order valence-corrected chi connectivity index (χ1v) is 10.6. The summed E-state index contributed by atoms with van der Waals surface area (Å²) in [5.74, 6) is 0.718. The fourth-order valence-electron chi connectivity index (χ4n) is 3.99. The summed E-state index contributed by atoms with van der Waals surface area (Å²) in [6, 6.07) is 16.8. The summed E-state index contributed by atoms with van der Waals surface area (Å²) in [5, 5.41) is 0. The molecule has 2 aromatic carbocycles. The van der Waals surface area contributed by atoms with Crippen molar-refractivity contribution in [1.82, 2.24) is 9.80 Å². The zero-order valence-corrected chi connectivity index (χ0v) is 16.8. The van der Waals surface area contributed by atoms with E-state index >= 15 is 0 Å². The van der Waals surface area contributed by atoms with Crippen molar-refractivity contribution in [2.75, 3.05) is 19.8 Å². The number of benzene rings is 2. The molecule has 0 aliphatic carbocycles. The number of halogens is 1. The number of thiophene rings is 1. The van der Waals surface area contributed by atoms with E-state index in [0.717, 1.165) is 46.1 Å². The molecule has 6 heteroatoms. The van der Waals surface area contributed by atoms with Crippen molar-refractivity contribution < 1.29 is 13.9 Å². The van der Waals surface area contributed by atoms with E-state index in [9.17, 15) is 9.18 Å². The standard InChI is InChI=1S/C23H21FN2O2S/c24-19-8-3-1-6-16(19)13-25-10-5-11-26(15-25)23(27)21-12-17-14-28-20-9-4-2-7-18(20)22(17)29-21/h1-4,6-9,12H,5,10-11,13-15H2. The van der Waals surface area contributed by atoms with Gasteiger partial charge in [0.2, 0.25) is 0 Å². The number of amides is 1. The van der Waals surface area contributed by atoms with Crippen molar-refractivity contribution in [3.05, 3.63) is 76.4 Å². The number of ether oxygens (including phenoxy) is 1. The van der Waals surface area contributed by atoms with Crippen LogP contribution in [0.15, 0.2) is 54.6 Å². The Morgan fingerprint density at radius 1 is 1.10 bits per heavy atom. The van der Waals surface area contributed by atoms with E-state index < -0.39 is 0 Å². The van der Waals surface area contributed by atoms with Crippen molar-refractivity contribution in [2.24, 2.45) is 0 Å². The molecule has 0 N–H and O–H groups in total. The molecular weight excluding hydrogens is 387 g/mol. The van der Waals surface area contributed by atoms with E-state index in [1.54, 1.807) is 12.1 Å². The third-order valence-corrected chi connectivity index (χ3v) is 6.65. The molecule has 5 rings (SSSR count). The summed E-state index contributed by atoms with van der Waals surface area (Å²) in [6.07, 6.45) is 0.886. The van der Waals surface area contributed by atoms with Crippen molar-refractivity contribution in [3.63, 3.8) is 0 Å². The molecule has 1 aromatic heterocycles. The lowest BCUT2D eigenvalue weighted by atomic mass is 10.1. The highest BCUT2D eigenvalue weighted by Gasteiger charge is 2.27. The molecule has 1 fully saturated rings. The number of hydrogen-bond donors (Lipinski definition) is 0. The quantitative estimate of drug-likeness (QED) is 0.627. The lowest BCUT2D eigenvalue weighted by Gasteiger charge is -2.35. The minimum absolute atomic E-state index is 0.0418. The van der Waals surface area contributed by atoms with Crippen LogP contribution in [0.25, 0.3) is 10.4 Å². The first-order chi connectivity index (χ1) is 14.2. The van der Waals surface area contributed by atoms with Gasteiger partial charge in [-0.3, -0.25) is 9.69 Å². The second kappa shape index (κ2) is 7.61. The first-order valence-electron chi connectivity index (χ1n) is 9.79. The fourth-order valence-corrected chi connectivity index (χ4v) is 5.16. The van der Waals surface area contributed by atoms with Gasteiger partial charge < -0.3 is 9.64 Å². The van der Waals surface area contributed by atoms with Crippen LogP contribution in [0.4, 0.5) is 4.39 Å². The van der Waals surface area contributed by atoms with Gasteiger partial charge in [-0.1, -0.05) is 30.3 Å². The second-order valence-electron chi connectivity index (χ2n) is 7.46. The Morgan fingerprint density at radius 3 is 2.83 bits per heavy atom. The Balaban J connectivity index is 1.34. The lowest BCUT2D eigenvalue weighted by molar-refractivity contribution is 0.0482. The fraction of sp³-hybridized carbons (Fsp3) is 0.261. The summed E-state index contributed by atoms with van der Waals surface area (Å²) >= 11 is 1.54. The van der Waals surface area contributed by atoms with Crippen LogP contribution in [0.5, 0.6) is 5.75 Å². The molecule has 0 saturated carbocycles. The molecule has 0 bridgehead atoms. The third-order valence-electron chi connectivity index (χ3n) is 5.45. The number of para-hydroxylation sites is 1. The van der Waals surface area contributed by atoms with E-state index in [1.807, 2.05) is 41.3 Å². The number of carbonyl (C=O) groups excluding carboxylic acids is 1. The van der Waals surface area contributed by atoms with Crippen molar-refractivity contribution >= 4 is 17.2 Å². The minimum atomic E-state index is -0.194. The zero-order chi connectivity index (χ0) is 19.8. The van der Waals surface area contributed by atoms with Crippen LogP contribution in [0.2, 0.25) is 0 Å². The van der Waals surface area contributed by atoms with Gasteiger partial charge in [0.05, 0.1) is 11.5 Å². The lowest BCUT2D eigenvalue weighted by Crippen LogP contribution is -2.47. The van der Waals surface area contributed by atoms with E-state index in [4.69, 9.17) is 4.74 Å². The highest BCUT2D eigenvalue weighted by Crippen LogP contribution is 2.42. The van der Waals surface area contributed by atoms with Crippen LogP contribution in [-0.2, 0) is 13.2 Å². The molecule has 2 aliphatic heterocycles. The van der Waals surface area contributed by atoms with Gasteiger partial charge in [0.25, 0.3) is 5.91 Å². The highest BCUT2D eigenvalue weighted by molar-refractivity contribution is 7.17. The molecule has 148 valence electrons. The summed E-state index contributed by atoms with van der Waals surface area (Å²) in [4.78, 5) is 19.0. The molecule has 3 aromatic rings. The molecule has 0 radical (unpaired) electrons. The maximum atomic E-state index is 14.0. The second-order valence-corrected chi connectivity index (χ2v) is 8.51. The molecule has 3 heterocycles. The molecule has 29 heavy (non-hydrogen) atoms. The van der Waals surface area contributed by atoms with Crippen molar-refractivity contribution in [1.29, 1.82) is 0 Å². The molecule has 4 nitrogen and oxygen atoms in total. The predicted octanol–water partition coefficient (Wildman–Crippen LogP) is 4.75. The van der Waals surface area contributed by atoms with Crippen molar-refractivity contribution in [3.8, 4) is 16.2 Å². The van der Waals surface area contributed by atoms with E-state index in [0.29, 0.717) is 25.4 Å². The highest BCUT2D eigenvalue weighted by atomic mass is 32.1. The normalized spacial score (nSPS) is 16.1. The number of hydrogen-bond acceptors (Lipinski definition) is 4. The molecule has 1 saturated heterocycles. The topological polar surface area (TPSA) is 32.8 Å².